The van der Waals surface area contributed by atoms with Crippen LogP contribution in [0.15, 0.2) is 53.1 Å². The largest absolute Gasteiger partial charge is 0.494 e. The quantitative estimate of drug-likeness (QED) is 0.588. The Balaban J connectivity index is 1.41. The molecule has 0 N–H and O–H groups in total. The molecule has 2 heterocycles. The number of rotatable bonds is 6. The van der Waals surface area contributed by atoms with Gasteiger partial charge < -0.3 is 9.26 Å². The molecule has 1 aromatic heterocycles. The Kier molecular flexibility index (Phi) is 5.67. The Morgan fingerprint density at radius 3 is 2.86 bits per heavy atom. The second-order valence-electron chi connectivity index (χ2n) is 7.17. The number of halogens is 1. The fourth-order valence-electron chi connectivity index (χ4n) is 3.68. The predicted molar refractivity (Wildman–Crippen MR) is 105 cm³/mol. The Hall–Kier alpha value is -3.06. The molecule has 4 rings (SSSR count). The monoisotopic (exact) mass is 395 g/mol. The summed E-state index contributed by atoms with van der Waals surface area (Å²) in [6.45, 7) is 1.92. The number of ketones is 1. The molecule has 1 fully saturated rings. The lowest BCUT2D eigenvalue weighted by Gasteiger charge is -2.30. The van der Waals surface area contributed by atoms with Crippen LogP contribution >= 0.6 is 0 Å². The van der Waals surface area contributed by atoms with Crippen molar-refractivity contribution in [1.29, 1.82) is 0 Å². The van der Waals surface area contributed by atoms with Crippen molar-refractivity contribution >= 4 is 5.78 Å². The molecule has 0 spiro atoms. The van der Waals surface area contributed by atoms with Crippen molar-refractivity contribution in [3.63, 3.8) is 0 Å². The minimum atomic E-state index is -0.523. The SMILES string of the molecule is COc1ccc(C(=O)[C@H]2CCCN(Cc3nc(-c4ccccc4)no3)C2)cc1F. The highest BCUT2D eigenvalue weighted by molar-refractivity contribution is 5.98. The molecule has 0 aliphatic carbocycles. The van der Waals surface area contributed by atoms with Gasteiger partial charge in [0.05, 0.1) is 13.7 Å². The maximum atomic E-state index is 14.0. The summed E-state index contributed by atoms with van der Waals surface area (Å²) in [5, 5.41) is 4.05. The number of Topliss-reactive ketones (excluding diaryl/α,β-unsaturated/α-hetero) is 1. The van der Waals surface area contributed by atoms with Gasteiger partial charge in [-0.2, -0.15) is 4.98 Å². The van der Waals surface area contributed by atoms with E-state index < -0.39 is 5.82 Å². The summed E-state index contributed by atoms with van der Waals surface area (Å²) in [6.07, 6.45) is 1.66. The zero-order valence-corrected chi connectivity index (χ0v) is 16.2. The van der Waals surface area contributed by atoms with E-state index in [4.69, 9.17) is 9.26 Å². The molecule has 0 amide bonds. The number of piperidine rings is 1. The fourth-order valence-corrected chi connectivity index (χ4v) is 3.68. The Morgan fingerprint density at radius 2 is 2.10 bits per heavy atom. The molecule has 7 heteroatoms. The van der Waals surface area contributed by atoms with E-state index >= 15 is 0 Å². The van der Waals surface area contributed by atoms with E-state index in [1.807, 2.05) is 30.3 Å². The average Bonchev–Trinajstić information content (AvgIpc) is 3.22. The molecule has 1 aliphatic heterocycles. The van der Waals surface area contributed by atoms with Gasteiger partial charge in [-0.25, -0.2) is 4.39 Å². The number of likely N-dealkylation sites (tertiary alicyclic amines) is 1. The molecule has 3 aromatic rings. The third-order valence-electron chi connectivity index (χ3n) is 5.17. The van der Waals surface area contributed by atoms with Gasteiger partial charge in [-0.05, 0) is 37.6 Å². The molecular formula is C22H22FN3O3. The van der Waals surface area contributed by atoms with E-state index in [0.29, 0.717) is 30.4 Å². The molecule has 0 saturated carbocycles. The summed E-state index contributed by atoms with van der Waals surface area (Å²) in [6, 6.07) is 14.0. The molecule has 1 atom stereocenters. The minimum absolute atomic E-state index is 0.0493. The van der Waals surface area contributed by atoms with Crippen LogP contribution in [-0.2, 0) is 6.54 Å². The van der Waals surface area contributed by atoms with Crippen molar-refractivity contribution in [3.8, 4) is 17.1 Å². The number of hydrogen-bond donors (Lipinski definition) is 0. The maximum Gasteiger partial charge on any atom is 0.241 e. The second kappa shape index (κ2) is 8.53. The lowest BCUT2D eigenvalue weighted by Crippen LogP contribution is -2.38. The van der Waals surface area contributed by atoms with Crippen LogP contribution in [0.5, 0.6) is 5.75 Å². The summed E-state index contributed by atoms with van der Waals surface area (Å²) in [5.74, 6) is 0.453. The van der Waals surface area contributed by atoms with Gasteiger partial charge in [-0.15, -0.1) is 0 Å². The molecule has 1 aliphatic rings. The fraction of sp³-hybridized carbons (Fsp3) is 0.318. The molecular weight excluding hydrogens is 373 g/mol. The normalized spacial score (nSPS) is 17.2. The number of methoxy groups -OCH3 is 1. The number of carbonyl (C=O) groups is 1. The van der Waals surface area contributed by atoms with E-state index in [1.165, 1.54) is 19.2 Å². The first-order valence-corrected chi connectivity index (χ1v) is 9.62. The molecule has 150 valence electrons. The summed E-state index contributed by atoms with van der Waals surface area (Å²) in [7, 11) is 1.40. The smallest absolute Gasteiger partial charge is 0.241 e. The van der Waals surface area contributed by atoms with Crippen LogP contribution in [0.25, 0.3) is 11.4 Å². The number of ether oxygens (including phenoxy) is 1. The number of carbonyl (C=O) groups excluding carboxylic acids is 1. The van der Waals surface area contributed by atoms with Crippen molar-refractivity contribution in [2.24, 2.45) is 5.92 Å². The van der Waals surface area contributed by atoms with Gasteiger partial charge in [0, 0.05) is 23.6 Å². The molecule has 29 heavy (non-hydrogen) atoms. The Labute approximate surface area is 168 Å². The highest BCUT2D eigenvalue weighted by Crippen LogP contribution is 2.25. The second-order valence-corrected chi connectivity index (χ2v) is 7.17. The number of benzene rings is 2. The third kappa shape index (κ3) is 4.35. The zero-order valence-electron chi connectivity index (χ0n) is 16.2. The van der Waals surface area contributed by atoms with E-state index in [9.17, 15) is 9.18 Å². The van der Waals surface area contributed by atoms with Crippen molar-refractivity contribution in [1.82, 2.24) is 15.0 Å². The van der Waals surface area contributed by atoms with Crippen molar-refractivity contribution < 1.29 is 18.4 Å². The standard InChI is InChI=1S/C22H22FN3O3/c1-28-19-10-9-16(12-18(19)23)21(27)17-8-5-11-26(13-17)14-20-24-22(25-29-20)15-6-3-2-4-7-15/h2-4,6-7,9-10,12,17H,5,8,11,13-14H2,1H3/t17-/m0/s1. The topological polar surface area (TPSA) is 68.5 Å². The van der Waals surface area contributed by atoms with Crippen molar-refractivity contribution in [2.45, 2.75) is 19.4 Å². The first-order valence-electron chi connectivity index (χ1n) is 9.62. The molecule has 0 radical (unpaired) electrons. The van der Waals surface area contributed by atoms with Crippen LogP contribution in [0.1, 0.15) is 29.1 Å². The van der Waals surface area contributed by atoms with E-state index in [2.05, 4.69) is 15.0 Å². The average molecular weight is 395 g/mol. The summed E-state index contributed by atoms with van der Waals surface area (Å²) >= 11 is 0. The van der Waals surface area contributed by atoms with E-state index in [1.54, 1.807) is 6.07 Å². The van der Waals surface area contributed by atoms with Crippen molar-refractivity contribution in [3.05, 3.63) is 65.8 Å². The van der Waals surface area contributed by atoms with Crippen LogP contribution < -0.4 is 4.74 Å². The van der Waals surface area contributed by atoms with Gasteiger partial charge in [0.2, 0.25) is 11.7 Å². The highest BCUT2D eigenvalue weighted by Gasteiger charge is 2.28. The van der Waals surface area contributed by atoms with Crippen molar-refractivity contribution in [2.75, 3.05) is 20.2 Å². The summed E-state index contributed by atoms with van der Waals surface area (Å²) < 4.78 is 24.3. The third-order valence-corrected chi connectivity index (χ3v) is 5.17. The van der Waals surface area contributed by atoms with Crippen LogP contribution in [0.2, 0.25) is 0 Å². The minimum Gasteiger partial charge on any atom is -0.494 e. The molecule has 1 saturated heterocycles. The zero-order chi connectivity index (χ0) is 20.2. The van der Waals surface area contributed by atoms with Gasteiger partial charge in [-0.3, -0.25) is 9.69 Å². The molecule has 0 unspecified atom stereocenters. The van der Waals surface area contributed by atoms with Crippen LogP contribution in [0.3, 0.4) is 0 Å². The van der Waals surface area contributed by atoms with Gasteiger partial charge >= 0.3 is 0 Å². The lowest BCUT2D eigenvalue weighted by molar-refractivity contribution is 0.0796. The summed E-state index contributed by atoms with van der Waals surface area (Å²) in [5.41, 5.74) is 1.27. The van der Waals surface area contributed by atoms with Gasteiger partial charge in [0.1, 0.15) is 0 Å². The molecule has 6 nitrogen and oxygen atoms in total. The van der Waals surface area contributed by atoms with Gasteiger partial charge in [-0.1, -0.05) is 35.5 Å². The Bertz CT molecular complexity index is 990. The highest BCUT2D eigenvalue weighted by atomic mass is 19.1. The molecule has 2 aromatic carbocycles. The predicted octanol–water partition coefficient (Wildman–Crippen LogP) is 3.98. The van der Waals surface area contributed by atoms with E-state index in [0.717, 1.165) is 24.9 Å². The number of nitrogens with zero attached hydrogens (tertiary/aromatic N) is 3. The Morgan fingerprint density at radius 1 is 1.28 bits per heavy atom. The lowest BCUT2D eigenvalue weighted by atomic mass is 9.90. The number of hydrogen-bond acceptors (Lipinski definition) is 6. The maximum absolute atomic E-state index is 14.0. The van der Waals surface area contributed by atoms with Crippen LogP contribution in [-0.4, -0.2) is 41.0 Å². The first-order chi connectivity index (χ1) is 14.1. The first kappa shape index (κ1) is 19.3. The summed E-state index contributed by atoms with van der Waals surface area (Å²) in [4.78, 5) is 19.5. The van der Waals surface area contributed by atoms with Gasteiger partial charge in [0.15, 0.2) is 17.3 Å². The van der Waals surface area contributed by atoms with Crippen LogP contribution in [0, 0.1) is 11.7 Å². The number of aromatic nitrogens is 2. The molecule has 0 bridgehead atoms. The van der Waals surface area contributed by atoms with E-state index in [-0.39, 0.29) is 17.5 Å². The van der Waals surface area contributed by atoms with Gasteiger partial charge in [0.25, 0.3) is 0 Å². The van der Waals surface area contributed by atoms with Crippen LogP contribution in [0.4, 0.5) is 4.39 Å².